The summed E-state index contributed by atoms with van der Waals surface area (Å²) in [6.07, 6.45) is -4.82. The quantitative estimate of drug-likeness (QED) is 0.521. The van der Waals surface area contributed by atoms with Gasteiger partial charge in [0.25, 0.3) is 0 Å². The van der Waals surface area contributed by atoms with E-state index in [0.717, 1.165) is 6.92 Å². The number of anilines is 1. The number of carbonyl (C=O) groups excluding carboxylic acids is 1. The Labute approximate surface area is 98.3 Å². The number of hydrogen-bond donors (Lipinski definition) is 1. The lowest BCUT2D eigenvalue weighted by molar-refractivity contribution is -0.137. The molecule has 18 heavy (non-hydrogen) atoms. The maximum atomic E-state index is 12.5. The molecule has 0 atom stereocenters. The molecule has 0 saturated carbocycles. The predicted molar refractivity (Wildman–Crippen MR) is 52.5 cm³/mol. The van der Waals surface area contributed by atoms with E-state index in [1.807, 2.05) is 0 Å². The summed E-state index contributed by atoms with van der Waals surface area (Å²) in [4.78, 5) is 11.1. The Morgan fingerprint density at radius 1 is 1.33 bits per heavy atom. The third-order valence-corrected chi connectivity index (χ3v) is 2.05. The molecule has 0 unspecified atom stereocenters. The average Bonchev–Trinajstić information content (AvgIpc) is 2.17. The zero-order chi connectivity index (χ0) is 14.1. The van der Waals surface area contributed by atoms with Gasteiger partial charge in [0.2, 0.25) is 0 Å². The van der Waals surface area contributed by atoms with E-state index >= 15 is 0 Å². The number of nitrogens with two attached hydrogens (primary N) is 1. The number of hydrogen-bond acceptors (Lipinski definition) is 3. The van der Waals surface area contributed by atoms with E-state index in [1.54, 1.807) is 0 Å². The van der Waals surface area contributed by atoms with Crippen molar-refractivity contribution in [2.45, 2.75) is 19.7 Å². The summed E-state index contributed by atoms with van der Waals surface area (Å²) in [6, 6.07) is 0.959. The van der Waals surface area contributed by atoms with E-state index in [2.05, 4.69) is 4.74 Å². The maximum absolute atomic E-state index is 12.5. The highest BCUT2D eigenvalue weighted by atomic mass is 19.4. The summed E-state index contributed by atoms with van der Waals surface area (Å²) in [5.41, 5.74) is 2.64. The van der Waals surface area contributed by atoms with Gasteiger partial charge in [0, 0.05) is 5.69 Å². The van der Waals surface area contributed by atoms with Crippen molar-refractivity contribution in [2.24, 2.45) is 0 Å². The second-order valence-corrected chi connectivity index (χ2v) is 3.37. The van der Waals surface area contributed by atoms with Gasteiger partial charge in [0.15, 0.2) is 5.78 Å². The second kappa shape index (κ2) is 4.79. The van der Waals surface area contributed by atoms with Gasteiger partial charge in [0.05, 0.1) is 11.1 Å². The first-order chi connectivity index (χ1) is 8.12. The first-order valence-electron chi connectivity index (χ1n) is 4.59. The van der Waals surface area contributed by atoms with E-state index in [-0.39, 0.29) is 6.07 Å². The first-order valence-corrected chi connectivity index (χ1v) is 4.59. The Kier molecular flexibility index (Phi) is 3.78. The van der Waals surface area contributed by atoms with E-state index in [9.17, 15) is 26.7 Å². The lowest BCUT2D eigenvalue weighted by Gasteiger charge is -2.15. The van der Waals surface area contributed by atoms with Gasteiger partial charge in [0.1, 0.15) is 5.75 Å². The summed E-state index contributed by atoms with van der Waals surface area (Å²) in [5, 5.41) is 0. The molecule has 0 aromatic heterocycles. The highest BCUT2D eigenvalue weighted by Crippen LogP contribution is 2.38. The SMILES string of the molecule is CC(=O)c1cc(N)c(C(F)(F)F)cc1OC(F)F. The summed E-state index contributed by atoms with van der Waals surface area (Å²) in [7, 11) is 0. The zero-order valence-corrected chi connectivity index (χ0v) is 9.02. The van der Waals surface area contributed by atoms with Crippen molar-refractivity contribution in [2.75, 3.05) is 5.73 Å². The van der Waals surface area contributed by atoms with Crippen LogP contribution >= 0.6 is 0 Å². The van der Waals surface area contributed by atoms with Crippen LogP contribution in [0.3, 0.4) is 0 Å². The molecule has 0 aliphatic rings. The third-order valence-electron chi connectivity index (χ3n) is 2.05. The number of carbonyl (C=O) groups is 1. The largest absolute Gasteiger partial charge is 0.434 e. The number of benzene rings is 1. The lowest BCUT2D eigenvalue weighted by atomic mass is 10.0. The van der Waals surface area contributed by atoms with Crippen LogP contribution < -0.4 is 10.5 Å². The van der Waals surface area contributed by atoms with Crippen LogP contribution in [0, 0.1) is 0 Å². The molecule has 0 heterocycles. The molecule has 1 aromatic rings. The molecule has 0 amide bonds. The van der Waals surface area contributed by atoms with Gasteiger partial charge in [-0.1, -0.05) is 0 Å². The van der Waals surface area contributed by atoms with Crippen LogP contribution in [0.15, 0.2) is 12.1 Å². The van der Waals surface area contributed by atoms with Gasteiger partial charge >= 0.3 is 12.8 Å². The molecule has 8 heteroatoms. The topological polar surface area (TPSA) is 52.3 Å². The van der Waals surface area contributed by atoms with Crippen molar-refractivity contribution < 1.29 is 31.5 Å². The normalized spacial score (nSPS) is 11.7. The van der Waals surface area contributed by atoms with E-state index in [0.29, 0.717) is 6.07 Å². The molecule has 2 N–H and O–H groups in total. The molecule has 1 aromatic carbocycles. The fourth-order valence-corrected chi connectivity index (χ4v) is 1.31. The van der Waals surface area contributed by atoms with Crippen molar-refractivity contribution >= 4 is 11.5 Å². The Bertz CT molecular complexity index is 470. The molecule has 100 valence electrons. The van der Waals surface area contributed by atoms with E-state index in [4.69, 9.17) is 5.73 Å². The van der Waals surface area contributed by atoms with Gasteiger partial charge in [-0.2, -0.15) is 22.0 Å². The number of ketones is 1. The highest BCUT2D eigenvalue weighted by molar-refractivity contribution is 5.98. The Hall–Kier alpha value is -1.86. The van der Waals surface area contributed by atoms with Crippen LogP contribution in [0.2, 0.25) is 0 Å². The molecule has 1 rings (SSSR count). The standard InChI is InChI=1S/C10H8F5NO2/c1-4(17)5-2-7(16)6(10(13,14)15)3-8(5)18-9(11)12/h2-3,9H,16H2,1H3. The zero-order valence-electron chi connectivity index (χ0n) is 9.02. The molecule has 0 fully saturated rings. The fourth-order valence-electron chi connectivity index (χ4n) is 1.31. The van der Waals surface area contributed by atoms with Gasteiger partial charge in [-0.15, -0.1) is 0 Å². The number of halogens is 5. The van der Waals surface area contributed by atoms with Crippen LogP contribution in [0.25, 0.3) is 0 Å². The third kappa shape index (κ3) is 3.08. The van der Waals surface area contributed by atoms with Crippen LogP contribution in [0.5, 0.6) is 5.75 Å². The summed E-state index contributed by atoms with van der Waals surface area (Å²) in [6.45, 7) is -2.34. The van der Waals surface area contributed by atoms with Gasteiger partial charge in [-0.25, -0.2) is 0 Å². The Morgan fingerprint density at radius 3 is 2.28 bits per heavy atom. The monoisotopic (exact) mass is 269 g/mol. The number of alkyl halides is 5. The smallest absolute Gasteiger partial charge is 0.418 e. The fraction of sp³-hybridized carbons (Fsp3) is 0.300. The van der Waals surface area contributed by atoms with Crippen LogP contribution in [0.1, 0.15) is 22.8 Å². The molecule has 0 bridgehead atoms. The van der Waals surface area contributed by atoms with Crippen LogP contribution in [-0.2, 0) is 6.18 Å². The molecule has 0 radical (unpaired) electrons. The predicted octanol–water partition coefficient (Wildman–Crippen LogP) is 3.09. The van der Waals surface area contributed by atoms with E-state index in [1.165, 1.54) is 0 Å². The summed E-state index contributed by atoms with van der Waals surface area (Å²) in [5.74, 6) is -1.58. The van der Waals surface area contributed by atoms with Crippen molar-refractivity contribution in [3.63, 3.8) is 0 Å². The maximum Gasteiger partial charge on any atom is 0.418 e. The average molecular weight is 269 g/mol. The minimum Gasteiger partial charge on any atom is -0.434 e. The Morgan fingerprint density at radius 2 is 1.89 bits per heavy atom. The first kappa shape index (κ1) is 14.2. The van der Waals surface area contributed by atoms with Crippen LogP contribution in [-0.4, -0.2) is 12.4 Å². The molecule has 0 spiro atoms. The van der Waals surface area contributed by atoms with Crippen molar-refractivity contribution in [3.05, 3.63) is 23.3 Å². The van der Waals surface area contributed by atoms with Gasteiger partial charge < -0.3 is 10.5 Å². The second-order valence-electron chi connectivity index (χ2n) is 3.37. The van der Waals surface area contributed by atoms with Crippen molar-refractivity contribution in [1.29, 1.82) is 0 Å². The molecule has 0 aliphatic carbocycles. The molecular weight excluding hydrogens is 261 g/mol. The number of Topliss-reactive ketones (excluding diaryl/α,β-unsaturated/α-hetero) is 1. The number of rotatable bonds is 3. The minimum absolute atomic E-state index is 0.290. The molecule has 3 nitrogen and oxygen atoms in total. The molecular formula is C10H8F5NO2. The summed E-state index contributed by atoms with van der Waals surface area (Å²) >= 11 is 0. The van der Waals surface area contributed by atoms with E-state index < -0.39 is 41.1 Å². The van der Waals surface area contributed by atoms with Crippen molar-refractivity contribution in [1.82, 2.24) is 0 Å². The lowest BCUT2D eigenvalue weighted by Crippen LogP contribution is -2.13. The number of ether oxygens (including phenoxy) is 1. The van der Waals surface area contributed by atoms with Gasteiger partial charge in [-0.3, -0.25) is 4.79 Å². The molecule has 0 saturated heterocycles. The molecule has 0 aliphatic heterocycles. The van der Waals surface area contributed by atoms with Crippen LogP contribution in [0.4, 0.5) is 27.6 Å². The summed E-state index contributed by atoms with van der Waals surface area (Å²) < 4.78 is 65.5. The van der Waals surface area contributed by atoms with Crippen molar-refractivity contribution in [3.8, 4) is 5.75 Å². The Balaban J connectivity index is 3.40. The van der Waals surface area contributed by atoms with Gasteiger partial charge in [-0.05, 0) is 19.1 Å². The number of nitrogen functional groups attached to an aromatic ring is 1. The minimum atomic E-state index is -4.82. The highest BCUT2D eigenvalue weighted by Gasteiger charge is 2.34.